The Hall–Kier alpha value is -2.58. The minimum absolute atomic E-state index is 0.104. The van der Waals surface area contributed by atoms with Crippen molar-refractivity contribution in [2.24, 2.45) is 0 Å². The molecule has 0 bridgehead atoms. The van der Waals surface area contributed by atoms with Gasteiger partial charge in [0.2, 0.25) is 0 Å². The summed E-state index contributed by atoms with van der Waals surface area (Å²) in [5.74, 6) is 0. The van der Waals surface area contributed by atoms with Crippen molar-refractivity contribution in [1.29, 1.82) is 5.26 Å². The number of aryl methyl sites for hydroxylation is 1. The highest BCUT2D eigenvalue weighted by Crippen LogP contribution is 2.25. The molecular formula is C16H13N3O2. The van der Waals surface area contributed by atoms with Gasteiger partial charge >= 0.3 is 0 Å². The van der Waals surface area contributed by atoms with Gasteiger partial charge in [-0.25, -0.2) is 0 Å². The zero-order chi connectivity index (χ0) is 14.6. The molecular weight excluding hydrogens is 266 g/mol. The Kier molecular flexibility index (Phi) is 2.44. The van der Waals surface area contributed by atoms with Crippen LogP contribution in [0.3, 0.4) is 0 Å². The first-order valence-electron chi connectivity index (χ1n) is 6.86. The number of imidazole rings is 1. The highest BCUT2D eigenvalue weighted by molar-refractivity contribution is 5.84. The van der Waals surface area contributed by atoms with Crippen LogP contribution < -0.4 is 5.56 Å². The largest absolute Gasteiger partial charge is 0.371 e. The van der Waals surface area contributed by atoms with Gasteiger partial charge in [0.1, 0.15) is 11.7 Å². The molecule has 1 atom stereocenters. The quantitative estimate of drug-likeness (QED) is 0.672. The molecule has 0 unspecified atom stereocenters. The third-order valence-electron chi connectivity index (χ3n) is 3.96. The Labute approximate surface area is 120 Å². The lowest BCUT2D eigenvalue weighted by Gasteiger charge is -2.06. The summed E-state index contributed by atoms with van der Waals surface area (Å²) in [5.41, 5.74) is 3.60. The molecule has 0 aliphatic carbocycles. The molecule has 0 N–H and O–H groups in total. The summed E-state index contributed by atoms with van der Waals surface area (Å²) in [5, 5.41) is 9.50. The summed E-state index contributed by atoms with van der Waals surface area (Å²) in [6.07, 6.45) is 0.173. The number of hydrogen-bond acceptors (Lipinski definition) is 3. The van der Waals surface area contributed by atoms with Gasteiger partial charge in [-0.3, -0.25) is 9.20 Å². The Morgan fingerprint density at radius 2 is 2.10 bits per heavy atom. The standard InChI is InChI=1S/C16H13N3O2/c1-10-6-15(20)19-14-5-3-2-4-13(14)18(8-11-9-21-11)16(19)12(10)7-17/h2-6,11H,8-9H2,1H3/t11-/m0/s1. The number of epoxide rings is 1. The lowest BCUT2D eigenvalue weighted by molar-refractivity contribution is 0.387. The van der Waals surface area contributed by atoms with E-state index in [1.807, 2.05) is 28.8 Å². The number of benzene rings is 1. The van der Waals surface area contributed by atoms with E-state index in [2.05, 4.69) is 6.07 Å². The lowest BCUT2D eigenvalue weighted by atomic mass is 10.1. The number of fused-ring (bicyclic) bond motifs is 3. The van der Waals surface area contributed by atoms with Crippen molar-refractivity contribution in [2.75, 3.05) is 6.61 Å². The molecule has 1 fully saturated rings. The number of rotatable bonds is 2. The van der Waals surface area contributed by atoms with Crippen LogP contribution in [0.1, 0.15) is 11.1 Å². The zero-order valence-corrected chi connectivity index (χ0v) is 11.5. The van der Waals surface area contributed by atoms with Gasteiger partial charge in [-0.05, 0) is 24.6 Å². The topological polar surface area (TPSA) is 62.7 Å². The third kappa shape index (κ3) is 1.70. The minimum atomic E-state index is -0.104. The predicted molar refractivity (Wildman–Crippen MR) is 78.4 cm³/mol. The van der Waals surface area contributed by atoms with Crippen LogP contribution in [0, 0.1) is 18.3 Å². The molecule has 21 heavy (non-hydrogen) atoms. The number of nitriles is 1. The van der Waals surface area contributed by atoms with Crippen LogP contribution in [0.2, 0.25) is 0 Å². The number of nitrogens with zero attached hydrogens (tertiary/aromatic N) is 3. The van der Waals surface area contributed by atoms with E-state index in [1.54, 1.807) is 11.3 Å². The summed E-state index contributed by atoms with van der Waals surface area (Å²) in [6, 6.07) is 11.5. The van der Waals surface area contributed by atoms with Crippen LogP contribution in [0.15, 0.2) is 35.1 Å². The Morgan fingerprint density at radius 1 is 1.38 bits per heavy atom. The van der Waals surface area contributed by atoms with Crippen molar-refractivity contribution in [3.63, 3.8) is 0 Å². The predicted octanol–water partition coefficient (Wildman–Crippen LogP) is 1.83. The third-order valence-corrected chi connectivity index (χ3v) is 3.96. The number of hydrogen-bond donors (Lipinski definition) is 0. The first-order valence-corrected chi connectivity index (χ1v) is 6.86. The van der Waals surface area contributed by atoms with Crippen LogP contribution in [-0.4, -0.2) is 21.7 Å². The lowest BCUT2D eigenvalue weighted by Crippen LogP contribution is -2.15. The maximum absolute atomic E-state index is 12.4. The molecule has 0 spiro atoms. The number of ether oxygens (including phenoxy) is 1. The van der Waals surface area contributed by atoms with E-state index in [0.29, 0.717) is 23.3 Å². The molecule has 5 nitrogen and oxygen atoms in total. The van der Waals surface area contributed by atoms with Crippen molar-refractivity contribution in [2.45, 2.75) is 19.6 Å². The smallest absolute Gasteiger partial charge is 0.257 e. The van der Waals surface area contributed by atoms with Crippen LogP contribution >= 0.6 is 0 Å². The van der Waals surface area contributed by atoms with E-state index in [9.17, 15) is 10.1 Å². The first-order chi connectivity index (χ1) is 10.2. The summed E-state index contributed by atoms with van der Waals surface area (Å²) >= 11 is 0. The molecule has 0 amide bonds. The Bertz CT molecular complexity index is 971. The second-order valence-electron chi connectivity index (χ2n) is 5.37. The van der Waals surface area contributed by atoms with E-state index in [1.165, 1.54) is 6.07 Å². The minimum Gasteiger partial charge on any atom is -0.371 e. The van der Waals surface area contributed by atoms with Gasteiger partial charge in [0.15, 0.2) is 0 Å². The highest BCUT2D eigenvalue weighted by Gasteiger charge is 2.26. The SMILES string of the molecule is Cc1cc(=O)n2c3ccccc3n(C[C@H]3CO3)c2c1C#N. The fourth-order valence-electron chi connectivity index (χ4n) is 2.90. The number of para-hydroxylation sites is 2. The molecule has 0 radical (unpaired) electrons. The second kappa shape index (κ2) is 4.21. The van der Waals surface area contributed by atoms with Crippen LogP contribution in [0.25, 0.3) is 16.7 Å². The average molecular weight is 279 g/mol. The van der Waals surface area contributed by atoms with Crippen molar-refractivity contribution in [1.82, 2.24) is 8.97 Å². The van der Waals surface area contributed by atoms with E-state index in [0.717, 1.165) is 17.6 Å². The van der Waals surface area contributed by atoms with Gasteiger partial charge in [-0.1, -0.05) is 12.1 Å². The first kappa shape index (κ1) is 12.2. The van der Waals surface area contributed by atoms with E-state index >= 15 is 0 Å². The monoisotopic (exact) mass is 279 g/mol. The fourth-order valence-corrected chi connectivity index (χ4v) is 2.90. The van der Waals surface area contributed by atoms with E-state index < -0.39 is 0 Å². The fraction of sp³-hybridized carbons (Fsp3) is 0.250. The molecule has 5 heteroatoms. The zero-order valence-electron chi connectivity index (χ0n) is 11.5. The molecule has 4 rings (SSSR count). The van der Waals surface area contributed by atoms with Gasteiger partial charge in [-0.2, -0.15) is 5.26 Å². The number of aromatic nitrogens is 2. The maximum atomic E-state index is 12.4. The normalized spacial score (nSPS) is 17.2. The molecule has 1 aliphatic heterocycles. The Morgan fingerprint density at radius 3 is 2.76 bits per heavy atom. The molecule has 2 aromatic heterocycles. The van der Waals surface area contributed by atoms with Crippen LogP contribution in [0.4, 0.5) is 0 Å². The van der Waals surface area contributed by atoms with Gasteiger partial charge < -0.3 is 9.30 Å². The summed E-state index contributed by atoms with van der Waals surface area (Å²) in [4.78, 5) is 12.4. The Balaban J connectivity index is 2.25. The van der Waals surface area contributed by atoms with Crippen molar-refractivity contribution >= 4 is 16.7 Å². The summed E-state index contributed by atoms with van der Waals surface area (Å²) in [6.45, 7) is 3.20. The van der Waals surface area contributed by atoms with E-state index in [4.69, 9.17) is 4.74 Å². The highest BCUT2D eigenvalue weighted by atomic mass is 16.6. The average Bonchev–Trinajstić information content (AvgIpc) is 3.23. The second-order valence-corrected chi connectivity index (χ2v) is 5.37. The van der Waals surface area contributed by atoms with Gasteiger partial charge in [0.25, 0.3) is 5.56 Å². The molecule has 3 aromatic rings. The van der Waals surface area contributed by atoms with Gasteiger partial charge in [0, 0.05) is 6.07 Å². The van der Waals surface area contributed by atoms with E-state index in [-0.39, 0.29) is 11.7 Å². The molecule has 1 aromatic carbocycles. The van der Waals surface area contributed by atoms with Gasteiger partial charge in [0.05, 0.1) is 35.9 Å². The maximum Gasteiger partial charge on any atom is 0.257 e. The van der Waals surface area contributed by atoms with Crippen LogP contribution in [-0.2, 0) is 11.3 Å². The summed E-state index contributed by atoms with van der Waals surface area (Å²) in [7, 11) is 0. The molecule has 3 heterocycles. The molecule has 1 saturated heterocycles. The summed E-state index contributed by atoms with van der Waals surface area (Å²) < 4.78 is 8.98. The van der Waals surface area contributed by atoms with Crippen molar-refractivity contribution in [3.05, 3.63) is 51.8 Å². The number of pyridine rings is 1. The van der Waals surface area contributed by atoms with Gasteiger partial charge in [-0.15, -0.1) is 0 Å². The molecule has 0 saturated carbocycles. The van der Waals surface area contributed by atoms with Crippen molar-refractivity contribution in [3.8, 4) is 6.07 Å². The molecule has 104 valence electrons. The van der Waals surface area contributed by atoms with Crippen LogP contribution in [0.5, 0.6) is 0 Å². The van der Waals surface area contributed by atoms with Crippen molar-refractivity contribution < 1.29 is 4.74 Å². The molecule has 1 aliphatic rings.